The molecule has 1 aliphatic heterocycles. The smallest absolute Gasteiger partial charge is 0.323 e. The third-order valence-electron chi connectivity index (χ3n) is 5.18. The molecule has 2 aromatic carbocycles. The molecule has 32 heavy (non-hydrogen) atoms. The van der Waals surface area contributed by atoms with Gasteiger partial charge in [0.25, 0.3) is 5.91 Å². The first kappa shape index (κ1) is 23.8. The van der Waals surface area contributed by atoms with Gasteiger partial charge in [0.1, 0.15) is 5.82 Å². The lowest BCUT2D eigenvalue weighted by Gasteiger charge is -2.30. The van der Waals surface area contributed by atoms with Crippen LogP contribution in [0.1, 0.15) is 36.0 Å². The fourth-order valence-corrected chi connectivity index (χ4v) is 3.77. The maximum atomic E-state index is 13.3. The van der Waals surface area contributed by atoms with Crippen molar-refractivity contribution in [3.05, 3.63) is 52.8 Å². The first-order chi connectivity index (χ1) is 15.5. The predicted octanol–water partition coefficient (Wildman–Crippen LogP) is 4.88. The Labute approximate surface area is 192 Å². The topological polar surface area (TPSA) is 82.7 Å². The highest BCUT2D eigenvalue weighted by Gasteiger charge is 2.19. The van der Waals surface area contributed by atoms with Crippen LogP contribution in [0, 0.1) is 5.82 Å². The second-order valence-corrected chi connectivity index (χ2v) is 8.00. The molecule has 1 saturated heterocycles. The number of hydrogen-bond acceptors (Lipinski definition) is 4. The lowest BCUT2D eigenvalue weighted by atomic mass is 10.1. The Balaban J connectivity index is 1.74. The minimum Gasteiger partial charge on any atom is -0.385 e. The van der Waals surface area contributed by atoms with Gasteiger partial charge in [0, 0.05) is 50.4 Å². The number of nitrogens with zero attached hydrogens (tertiary/aromatic N) is 1. The molecule has 1 heterocycles. The second kappa shape index (κ2) is 11.7. The third kappa shape index (κ3) is 6.58. The Morgan fingerprint density at radius 1 is 1.06 bits per heavy atom. The van der Waals surface area contributed by atoms with Crippen molar-refractivity contribution in [3.8, 4) is 0 Å². The molecule has 172 valence electrons. The van der Waals surface area contributed by atoms with E-state index in [1.165, 1.54) is 24.6 Å². The molecule has 3 amide bonds. The molecule has 7 nitrogen and oxygen atoms in total. The van der Waals surface area contributed by atoms with Gasteiger partial charge < -0.3 is 25.6 Å². The van der Waals surface area contributed by atoms with Crippen molar-refractivity contribution in [1.29, 1.82) is 0 Å². The molecular formula is C23H28ClFN4O3. The highest BCUT2D eigenvalue weighted by molar-refractivity contribution is 6.31. The van der Waals surface area contributed by atoms with Gasteiger partial charge in [-0.25, -0.2) is 9.18 Å². The molecule has 0 aromatic heterocycles. The highest BCUT2D eigenvalue weighted by atomic mass is 35.5. The summed E-state index contributed by atoms with van der Waals surface area (Å²) in [5.74, 6) is -0.761. The zero-order chi connectivity index (χ0) is 22.9. The first-order valence-electron chi connectivity index (χ1n) is 10.7. The first-order valence-corrected chi connectivity index (χ1v) is 11.0. The van der Waals surface area contributed by atoms with Crippen LogP contribution in [0.5, 0.6) is 0 Å². The number of ether oxygens (including phenoxy) is 1. The number of hydrogen-bond donors (Lipinski definition) is 3. The summed E-state index contributed by atoms with van der Waals surface area (Å²) in [7, 11) is 1.62. The maximum absolute atomic E-state index is 13.3. The molecule has 3 N–H and O–H groups in total. The number of carbonyl (C=O) groups excluding carboxylic acids is 2. The average molecular weight is 463 g/mol. The molecule has 3 rings (SSSR count). The predicted molar refractivity (Wildman–Crippen MR) is 125 cm³/mol. The molecule has 9 heteroatoms. The van der Waals surface area contributed by atoms with E-state index in [1.54, 1.807) is 19.2 Å². The standard InChI is InChI=1S/C23H28ClFN4O3/c1-32-13-5-10-26-22(30)18-14-16(7-9-21(18)29-11-3-2-4-12-29)27-23(31)28-17-6-8-20(25)19(24)15-17/h6-9,14-15H,2-5,10-13H2,1H3,(H,26,30)(H2,27,28,31). The van der Waals surface area contributed by atoms with E-state index in [1.807, 2.05) is 6.07 Å². The summed E-state index contributed by atoms with van der Waals surface area (Å²) in [6, 6.07) is 8.70. The summed E-state index contributed by atoms with van der Waals surface area (Å²) >= 11 is 5.76. The van der Waals surface area contributed by atoms with Crippen LogP contribution in [-0.2, 0) is 4.74 Å². The van der Waals surface area contributed by atoms with E-state index in [-0.39, 0.29) is 10.9 Å². The van der Waals surface area contributed by atoms with Gasteiger partial charge in [-0.15, -0.1) is 0 Å². The Kier molecular flexibility index (Phi) is 8.70. The largest absolute Gasteiger partial charge is 0.385 e. The van der Waals surface area contributed by atoms with Crippen LogP contribution in [0.25, 0.3) is 0 Å². The number of amides is 3. The fraction of sp³-hybridized carbons (Fsp3) is 0.391. The second-order valence-electron chi connectivity index (χ2n) is 7.59. The van der Waals surface area contributed by atoms with E-state index in [0.717, 1.165) is 31.6 Å². The number of benzene rings is 2. The van der Waals surface area contributed by atoms with Crippen molar-refractivity contribution in [2.75, 3.05) is 48.9 Å². The van der Waals surface area contributed by atoms with Crippen molar-refractivity contribution in [2.45, 2.75) is 25.7 Å². The number of piperidine rings is 1. The minimum absolute atomic E-state index is 0.0823. The Morgan fingerprint density at radius 2 is 1.75 bits per heavy atom. The van der Waals surface area contributed by atoms with Gasteiger partial charge in [0.05, 0.1) is 10.6 Å². The fourth-order valence-electron chi connectivity index (χ4n) is 3.59. The number of halogens is 2. The molecule has 0 unspecified atom stereocenters. The van der Waals surface area contributed by atoms with Crippen molar-refractivity contribution in [1.82, 2.24) is 5.32 Å². The van der Waals surface area contributed by atoms with E-state index in [4.69, 9.17) is 16.3 Å². The summed E-state index contributed by atoms with van der Waals surface area (Å²) in [6.07, 6.45) is 4.05. The van der Waals surface area contributed by atoms with Crippen molar-refractivity contribution in [2.24, 2.45) is 0 Å². The molecule has 0 radical (unpaired) electrons. The number of nitrogens with one attached hydrogen (secondary N) is 3. The van der Waals surface area contributed by atoms with Crippen molar-refractivity contribution < 1.29 is 18.7 Å². The van der Waals surface area contributed by atoms with Crippen LogP contribution in [0.3, 0.4) is 0 Å². The molecule has 0 atom stereocenters. The Bertz CT molecular complexity index is 951. The molecule has 0 saturated carbocycles. The van der Waals surface area contributed by atoms with Gasteiger partial charge in [-0.05, 0) is 62.1 Å². The SMILES string of the molecule is COCCCNC(=O)c1cc(NC(=O)Nc2ccc(F)c(Cl)c2)ccc1N1CCCCC1. The molecule has 1 fully saturated rings. The lowest BCUT2D eigenvalue weighted by Crippen LogP contribution is -2.33. The van der Waals surface area contributed by atoms with E-state index in [2.05, 4.69) is 20.9 Å². The van der Waals surface area contributed by atoms with Crippen molar-refractivity contribution >= 4 is 40.6 Å². The molecule has 2 aromatic rings. The van der Waals surface area contributed by atoms with E-state index >= 15 is 0 Å². The maximum Gasteiger partial charge on any atom is 0.323 e. The van der Waals surface area contributed by atoms with Gasteiger partial charge in [0.15, 0.2) is 0 Å². The number of methoxy groups -OCH3 is 1. The average Bonchev–Trinajstić information content (AvgIpc) is 2.79. The van der Waals surface area contributed by atoms with E-state index < -0.39 is 11.8 Å². The zero-order valence-corrected chi connectivity index (χ0v) is 18.8. The van der Waals surface area contributed by atoms with Crippen LogP contribution < -0.4 is 20.9 Å². The third-order valence-corrected chi connectivity index (χ3v) is 5.47. The van der Waals surface area contributed by atoms with Crippen LogP contribution in [0.15, 0.2) is 36.4 Å². The van der Waals surface area contributed by atoms with Gasteiger partial charge in [-0.2, -0.15) is 0 Å². The highest BCUT2D eigenvalue weighted by Crippen LogP contribution is 2.27. The van der Waals surface area contributed by atoms with Crippen LogP contribution in [0.2, 0.25) is 5.02 Å². The van der Waals surface area contributed by atoms with Gasteiger partial charge in [-0.3, -0.25) is 4.79 Å². The number of carbonyl (C=O) groups is 2. The van der Waals surface area contributed by atoms with Crippen LogP contribution >= 0.6 is 11.6 Å². The molecular weight excluding hydrogens is 435 g/mol. The Morgan fingerprint density at radius 3 is 2.44 bits per heavy atom. The quantitative estimate of drug-likeness (QED) is 0.488. The number of rotatable bonds is 8. The van der Waals surface area contributed by atoms with Crippen LogP contribution in [-0.4, -0.2) is 45.3 Å². The zero-order valence-electron chi connectivity index (χ0n) is 18.0. The molecule has 0 bridgehead atoms. The summed E-state index contributed by atoms with van der Waals surface area (Å²) in [4.78, 5) is 27.5. The van der Waals surface area contributed by atoms with E-state index in [9.17, 15) is 14.0 Å². The summed E-state index contributed by atoms with van der Waals surface area (Å²) < 4.78 is 18.3. The monoisotopic (exact) mass is 462 g/mol. The summed E-state index contributed by atoms with van der Waals surface area (Å²) in [6.45, 7) is 2.84. The Hall–Kier alpha value is -2.84. The molecule has 0 aliphatic carbocycles. The van der Waals surface area contributed by atoms with Crippen molar-refractivity contribution in [3.63, 3.8) is 0 Å². The molecule has 0 spiro atoms. The summed E-state index contributed by atoms with van der Waals surface area (Å²) in [5.41, 5.74) is 2.19. The summed E-state index contributed by atoms with van der Waals surface area (Å²) in [5, 5.41) is 8.17. The minimum atomic E-state index is -0.563. The van der Waals surface area contributed by atoms with Gasteiger partial charge in [0.2, 0.25) is 0 Å². The van der Waals surface area contributed by atoms with Crippen LogP contribution in [0.4, 0.5) is 26.2 Å². The van der Waals surface area contributed by atoms with Gasteiger partial charge in [-0.1, -0.05) is 11.6 Å². The molecule has 1 aliphatic rings. The van der Waals surface area contributed by atoms with E-state index in [0.29, 0.717) is 36.5 Å². The normalized spacial score (nSPS) is 13.5. The number of urea groups is 1. The van der Waals surface area contributed by atoms with Gasteiger partial charge >= 0.3 is 6.03 Å². The lowest BCUT2D eigenvalue weighted by molar-refractivity contribution is 0.0949. The number of anilines is 3.